The van der Waals surface area contributed by atoms with Crippen molar-refractivity contribution in [2.45, 2.75) is 45.3 Å². The van der Waals surface area contributed by atoms with Gasteiger partial charge in [-0.15, -0.1) is 0 Å². The van der Waals surface area contributed by atoms with Gasteiger partial charge in [0.15, 0.2) is 0 Å². The van der Waals surface area contributed by atoms with Gasteiger partial charge in [0.05, 0.1) is 6.10 Å². The average Bonchev–Trinajstić information content (AvgIpc) is 2.89. The van der Waals surface area contributed by atoms with Crippen LogP contribution in [0, 0.1) is 0 Å². The summed E-state index contributed by atoms with van der Waals surface area (Å²) in [5.41, 5.74) is 0. The Morgan fingerprint density at radius 2 is 2.00 bits per heavy atom. The van der Waals surface area contributed by atoms with Gasteiger partial charge in [-0.1, -0.05) is 6.92 Å². The highest BCUT2D eigenvalue weighted by atomic mass is 16.5. The molecule has 2 unspecified atom stereocenters. The Balaban J connectivity index is 2.15. The Morgan fingerprint density at radius 1 is 1.21 bits per heavy atom. The molecule has 0 aromatic carbocycles. The summed E-state index contributed by atoms with van der Waals surface area (Å²) in [6.07, 6.45) is 4.10. The molecular weight excluding hydrogens is 238 g/mol. The average molecular weight is 271 g/mol. The molecule has 0 amide bonds. The van der Waals surface area contributed by atoms with Gasteiger partial charge < -0.3 is 19.9 Å². The molecule has 0 aliphatic carbocycles. The second kappa shape index (κ2) is 9.70. The summed E-state index contributed by atoms with van der Waals surface area (Å²) < 4.78 is 5.72. The van der Waals surface area contributed by atoms with Crippen molar-refractivity contribution in [2.75, 3.05) is 53.4 Å². The van der Waals surface area contributed by atoms with Crippen molar-refractivity contribution in [3.05, 3.63) is 0 Å². The quantitative estimate of drug-likeness (QED) is 0.650. The number of hydrogen-bond acceptors (Lipinski definition) is 4. The highest BCUT2D eigenvalue weighted by Gasteiger charge is 2.21. The molecule has 0 saturated carbocycles. The van der Waals surface area contributed by atoms with Crippen molar-refractivity contribution in [2.24, 2.45) is 0 Å². The molecule has 1 aliphatic heterocycles. The molecule has 1 fully saturated rings. The Labute approximate surface area is 119 Å². The maximum Gasteiger partial charge on any atom is 0.0726 e. The molecule has 0 aromatic rings. The second-order valence-electron chi connectivity index (χ2n) is 5.94. The summed E-state index contributed by atoms with van der Waals surface area (Å²) in [6, 6.07) is 0.486. The highest BCUT2D eigenvalue weighted by molar-refractivity contribution is 4.77. The maximum atomic E-state index is 5.72. The summed E-state index contributed by atoms with van der Waals surface area (Å²) in [5, 5.41) is 3.62. The van der Waals surface area contributed by atoms with E-state index in [1.807, 2.05) is 0 Å². The van der Waals surface area contributed by atoms with E-state index >= 15 is 0 Å². The van der Waals surface area contributed by atoms with Crippen LogP contribution >= 0.6 is 0 Å². The summed E-state index contributed by atoms with van der Waals surface area (Å²) >= 11 is 0. The monoisotopic (exact) mass is 271 g/mol. The van der Waals surface area contributed by atoms with Crippen LogP contribution in [0.25, 0.3) is 0 Å². The van der Waals surface area contributed by atoms with E-state index in [0.717, 1.165) is 32.8 Å². The predicted octanol–water partition coefficient (Wildman–Crippen LogP) is 1.42. The first-order valence-electron chi connectivity index (χ1n) is 7.85. The van der Waals surface area contributed by atoms with Crippen LogP contribution in [-0.4, -0.2) is 75.4 Å². The predicted molar refractivity (Wildman–Crippen MR) is 81.7 cm³/mol. The largest absolute Gasteiger partial charge is 0.377 e. The van der Waals surface area contributed by atoms with E-state index in [0.29, 0.717) is 12.1 Å². The third-order valence-electron chi connectivity index (χ3n) is 3.82. The molecule has 1 saturated heterocycles. The number of nitrogens with one attached hydrogen (secondary N) is 1. The topological polar surface area (TPSA) is 27.7 Å². The van der Waals surface area contributed by atoms with Crippen LogP contribution in [0.3, 0.4) is 0 Å². The number of likely N-dealkylation sites (N-methyl/N-ethyl adjacent to an activating group) is 1. The van der Waals surface area contributed by atoms with Gasteiger partial charge in [0.25, 0.3) is 0 Å². The number of hydrogen-bond donors (Lipinski definition) is 1. The Morgan fingerprint density at radius 3 is 2.58 bits per heavy atom. The van der Waals surface area contributed by atoms with Gasteiger partial charge >= 0.3 is 0 Å². The minimum atomic E-state index is 0.432. The van der Waals surface area contributed by atoms with Crippen LogP contribution in [0.2, 0.25) is 0 Å². The SMILES string of the molecule is CCCN(CCNC(C)C1CCCO1)CCN(C)C. The van der Waals surface area contributed by atoms with Crippen LogP contribution < -0.4 is 5.32 Å². The zero-order valence-corrected chi connectivity index (χ0v) is 13.3. The lowest BCUT2D eigenvalue weighted by Gasteiger charge is -2.26. The van der Waals surface area contributed by atoms with Gasteiger partial charge in [0.1, 0.15) is 0 Å². The van der Waals surface area contributed by atoms with Gasteiger partial charge in [-0.3, -0.25) is 0 Å². The van der Waals surface area contributed by atoms with E-state index in [9.17, 15) is 0 Å². The molecule has 4 heteroatoms. The van der Waals surface area contributed by atoms with Crippen molar-refractivity contribution in [1.29, 1.82) is 0 Å². The fourth-order valence-electron chi connectivity index (χ4n) is 2.57. The fraction of sp³-hybridized carbons (Fsp3) is 1.00. The van der Waals surface area contributed by atoms with E-state index in [-0.39, 0.29) is 0 Å². The molecule has 1 N–H and O–H groups in total. The Hall–Kier alpha value is -0.160. The third kappa shape index (κ3) is 7.25. The van der Waals surface area contributed by atoms with Crippen molar-refractivity contribution in [3.8, 4) is 0 Å². The second-order valence-corrected chi connectivity index (χ2v) is 5.94. The van der Waals surface area contributed by atoms with Gasteiger partial charge in [0, 0.05) is 38.8 Å². The number of nitrogens with zero attached hydrogens (tertiary/aromatic N) is 2. The van der Waals surface area contributed by atoms with Crippen LogP contribution in [0.1, 0.15) is 33.1 Å². The Bertz CT molecular complexity index is 217. The summed E-state index contributed by atoms with van der Waals surface area (Å²) in [7, 11) is 4.28. The number of ether oxygens (including phenoxy) is 1. The lowest BCUT2D eigenvalue weighted by atomic mass is 10.1. The maximum absolute atomic E-state index is 5.72. The molecule has 0 aromatic heterocycles. The van der Waals surface area contributed by atoms with E-state index in [4.69, 9.17) is 4.74 Å². The van der Waals surface area contributed by atoms with Crippen molar-refractivity contribution in [1.82, 2.24) is 15.1 Å². The normalized spacial score (nSPS) is 21.5. The van der Waals surface area contributed by atoms with Crippen molar-refractivity contribution in [3.63, 3.8) is 0 Å². The third-order valence-corrected chi connectivity index (χ3v) is 3.82. The van der Waals surface area contributed by atoms with Crippen LogP contribution in [0.15, 0.2) is 0 Å². The minimum absolute atomic E-state index is 0.432. The molecule has 1 rings (SSSR count). The molecule has 114 valence electrons. The fourth-order valence-corrected chi connectivity index (χ4v) is 2.57. The lowest BCUT2D eigenvalue weighted by Crippen LogP contribution is -2.42. The van der Waals surface area contributed by atoms with E-state index < -0.39 is 0 Å². The van der Waals surface area contributed by atoms with Crippen molar-refractivity contribution < 1.29 is 4.74 Å². The molecule has 0 spiro atoms. The minimum Gasteiger partial charge on any atom is -0.377 e. The van der Waals surface area contributed by atoms with E-state index in [1.165, 1.54) is 25.8 Å². The molecule has 1 heterocycles. The highest BCUT2D eigenvalue weighted by Crippen LogP contribution is 2.15. The first kappa shape index (κ1) is 16.9. The van der Waals surface area contributed by atoms with Crippen LogP contribution in [-0.2, 0) is 4.74 Å². The molecule has 0 radical (unpaired) electrons. The molecule has 2 atom stereocenters. The van der Waals surface area contributed by atoms with Crippen LogP contribution in [0.4, 0.5) is 0 Å². The standard InChI is InChI=1S/C15H33N3O/c1-5-9-18(12-11-17(3)4)10-8-16-14(2)15-7-6-13-19-15/h14-16H,5-13H2,1-4H3. The van der Waals surface area contributed by atoms with Gasteiger partial charge in [0.2, 0.25) is 0 Å². The van der Waals surface area contributed by atoms with Crippen molar-refractivity contribution >= 4 is 0 Å². The molecule has 1 aliphatic rings. The van der Waals surface area contributed by atoms with E-state index in [1.54, 1.807) is 0 Å². The van der Waals surface area contributed by atoms with Crippen LogP contribution in [0.5, 0.6) is 0 Å². The first-order valence-corrected chi connectivity index (χ1v) is 7.85. The van der Waals surface area contributed by atoms with Gasteiger partial charge in [-0.2, -0.15) is 0 Å². The molecular formula is C15H33N3O. The summed E-state index contributed by atoms with van der Waals surface area (Å²) in [4.78, 5) is 4.81. The summed E-state index contributed by atoms with van der Waals surface area (Å²) in [5.74, 6) is 0. The molecule has 19 heavy (non-hydrogen) atoms. The first-order chi connectivity index (χ1) is 9.13. The summed E-state index contributed by atoms with van der Waals surface area (Å²) in [6.45, 7) is 11.2. The van der Waals surface area contributed by atoms with Gasteiger partial charge in [-0.25, -0.2) is 0 Å². The zero-order valence-electron chi connectivity index (χ0n) is 13.3. The lowest BCUT2D eigenvalue weighted by molar-refractivity contribution is 0.0825. The molecule has 4 nitrogen and oxygen atoms in total. The number of rotatable bonds is 10. The Kier molecular flexibility index (Phi) is 8.62. The zero-order chi connectivity index (χ0) is 14.1. The van der Waals surface area contributed by atoms with E-state index in [2.05, 4.69) is 43.1 Å². The van der Waals surface area contributed by atoms with Gasteiger partial charge in [-0.05, 0) is 46.8 Å². The molecule has 0 bridgehead atoms. The smallest absolute Gasteiger partial charge is 0.0726 e.